The number of aliphatic hydroxyl groups excluding tert-OH is 2. The van der Waals surface area contributed by atoms with Gasteiger partial charge in [-0.1, -0.05) is 40.9 Å². The number of aliphatic hydroxyl groups is 2. The summed E-state index contributed by atoms with van der Waals surface area (Å²) >= 11 is 0. The van der Waals surface area contributed by atoms with E-state index in [1.165, 1.54) is 12.5 Å². The van der Waals surface area contributed by atoms with E-state index in [0.717, 1.165) is 19.3 Å². The Balaban J connectivity index is 4.64. The van der Waals surface area contributed by atoms with Gasteiger partial charge >= 0.3 is 0 Å². The summed E-state index contributed by atoms with van der Waals surface area (Å²) in [7, 11) is 0. The predicted octanol–water partition coefficient (Wildman–Crippen LogP) is 5.03. The van der Waals surface area contributed by atoms with Crippen molar-refractivity contribution in [3.63, 3.8) is 0 Å². The third-order valence-corrected chi connectivity index (χ3v) is 7.73. The van der Waals surface area contributed by atoms with Gasteiger partial charge in [0.2, 0.25) is 0 Å². The zero-order valence-electron chi connectivity index (χ0n) is 26.7. The van der Waals surface area contributed by atoms with Crippen LogP contribution in [-0.4, -0.2) is 98.7 Å². The Bertz CT molecular complexity index is 669. The Morgan fingerprint density at radius 1 is 0.650 bits per heavy atom. The minimum Gasteiger partial charge on any atom is -0.499 e. The maximum atomic E-state index is 9.79. The van der Waals surface area contributed by atoms with E-state index in [2.05, 4.69) is 68.5 Å². The van der Waals surface area contributed by atoms with Gasteiger partial charge in [-0.3, -0.25) is 0 Å². The fourth-order valence-corrected chi connectivity index (χ4v) is 3.81. The number of ether oxygens (including phenoxy) is 7. The largest absolute Gasteiger partial charge is 0.499 e. The molecule has 0 aromatic heterocycles. The lowest BCUT2D eigenvalue weighted by Crippen LogP contribution is -2.48. The third kappa shape index (κ3) is 16.3. The SMILES string of the molecule is C=COCC(O)COCCOC(C)(CC)COC(C)(CC)C(C)(C)CCOC(C)(C)CCOCC(O)COC=C. The van der Waals surface area contributed by atoms with Crippen molar-refractivity contribution >= 4 is 0 Å². The van der Waals surface area contributed by atoms with E-state index < -0.39 is 17.8 Å². The monoisotopic (exact) mass is 576 g/mol. The molecule has 0 radical (unpaired) electrons. The molecule has 0 aliphatic heterocycles. The van der Waals surface area contributed by atoms with Crippen LogP contribution in [0.15, 0.2) is 25.7 Å². The van der Waals surface area contributed by atoms with Crippen LogP contribution in [0.3, 0.4) is 0 Å². The molecule has 9 heteroatoms. The standard InChI is InChI=1S/C31H60O9/c1-11-30(9,39-20-19-37-24-27(33)22-35-14-4)25-40-31(10,12-2)28(5,6)15-18-38-29(7,8)16-17-36-23-26(32)21-34-13-3/h13-14,26-27,32-33H,3-4,11-12,15-25H2,1-2,5-10H3. The summed E-state index contributed by atoms with van der Waals surface area (Å²) in [5.74, 6) is 0. The van der Waals surface area contributed by atoms with E-state index >= 15 is 0 Å². The summed E-state index contributed by atoms with van der Waals surface area (Å²) in [5.41, 5.74) is -1.33. The quantitative estimate of drug-likeness (QED) is 0.103. The molecule has 2 N–H and O–H groups in total. The normalized spacial score (nSPS) is 16.9. The minimum atomic E-state index is -0.698. The molecule has 0 saturated heterocycles. The van der Waals surface area contributed by atoms with Gasteiger partial charge in [0, 0.05) is 13.2 Å². The van der Waals surface area contributed by atoms with Crippen LogP contribution in [0.1, 0.15) is 81.1 Å². The summed E-state index contributed by atoms with van der Waals surface area (Å²) in [6, 6.07) is 0. The van der Waals surface area contributed by atoms with Crippen LogP contribution < -0.4 is 0 Å². The van der Waals surface area contributed by atoms with Gasteiger partial charge in [0.05, 0.1) is 62.4 Å². The maximum absolute atomic E-state index is 9.79. The summed E-state index contributed by atoms with van der Waals surface area (Å²) in [4.78, 5) is 0. The molecule has 0 heterocycles. The Kier molecular flexibility index (Phi) is 19.2. The first-order valence-corrected chi connectivity index (χ1v) is 14.6. The Hall–Kier alpha value is -1.20. The van der Waals surface area contributed by atoms with Gasteiger partial charge < -0.3 is 43.4 Å². The van der Waals surface area contributed by atoms with Crippen LogP contribution in [0.5, 0.6) is 0 Å². The molecule has 0 saturated carbocycles. The van der Waals surface area contributed by atoms with Gasteiger partial charge in [0.25, 0.3) is 0 Å². The molecule has 0 spiro atoms. The second kappa shape index (κ2) is 19.8. The van der Waals surface area contributed by atoms with Gasteiger partial charge in [0.1, 0.15) is 25.4 Å². The van der Waals surface area contributed by atoms with Crippen molar-refractivity contribution in [2.24, 2.45) is 5.41 Å². The topological polar surface area (TPSA) is 105 Å². The zero-order valence-corrected chi connectivity index (χ0v) is 26.7. The molecule has 40 heavy (non-hydrogen) atoms. The molecule has 0 aromatic rings. The minimum absolute atomic E-state index is 0.148. The van der Waals surface area contributed by atoms with Crippen LogP contribution in [0.4, 0.5) is 0 Å². The number of hydrogen-bond donors (Lipinski definition) is 2. The number of hydrogen-bond acceptors (Lipinski definition) is 9. The van der Waals surface area contributed by atoms with Crippen molar-refractivity contribution in [2.75, 3.05) is 59.5 Å². The average molecular weight is 577 g/mol. The Morgan fingerprint density at radius 2 is 1.20 bits per heavy atom. The maximum Gasteiger partial charge on any atom is 0.115 e. The van der Waals surface area contributed by atoms with Crippen molar-refractivity contribution in [1.29, 1.82) is 0 Å². The molecule has 0 fully saturated rings. The van der Waals surface area contributed by atoms with E-state index in [-0.39, 0.29) is 43.0 Å². The van der Waals surface area contributed by atoms with E-state index in [1.807, 2.05) is 0 Å². The summed E-state index contributed by atoms with van der Waals surface area (Å²) < 4.78 is 40.0. The highest BCUT2D eigenvalue weighted by molar-refractivity contribution is 4.92. The Labute approximate surface area is 244 Å². The van der Waals surface area contributed by atoms with E-state index in [1.54, 1.807) is 0 Å². The molecule has 238 valence electrons. The summed E-state index contributed by atoms with van der Waals surface area (Å²) in [6.07, 6.45) is 4.41. The van der Waals surface area contributed by atoms with E-state index in [0.29, 0.717) is 39.5 Å². The highest BCUT2D eigenvalue weighted by Crippen LogP contribution is 2.41. The zero-order chi connectivity index (χ0) is 30.7. The lowest BCUT2D eigenvalue weighted by Gasteiger charge is -2.46. The lowest BCUT2D eigenvalue weighted by atomic mass is 9.72. The van der Waals surface area contributed by atoms with Crippen LogP contribution >= 0.6 is 0 Å². The van der Waals surface area contributed by atoms with Gasteiger partial charge in [-0.2, -0.15) is 0 Å². The van der Waals surface area contributed by atoms with Crippen molar-refractivity contribution in [2.45, 2.75) is 110 Å². The van der Waals surface area contributed by atoms with Crippen molar-refractivity contribution in [3.8, 4) is 0 Å². The summed E-state index contributed by atoms with van der Waals surface area (Å²) in [6.45, 7) is 27.0. The lowest BCUT2D eigenvalue weighted by molar-refractivity contribution is -0.181. The first kappa shape index (κ1) is 38.8. The van der Waals surface area contributed by atoms with E-state index in [4.69, 9.17) is 33.2 Å². The highest BCUT2D eigenvalue weighted by Gasteiger charge is 2.42. The van der Waals surface area contributed by atoms with Crippen LogP contribution in [0, 0.1) is 5.41 Å². The average Bonchev–Trinajstić information content (AvgIpc) is 2.91. The predicted molar refractivity (Wildman–Crippen MR) is 158 cm³/mol. The fourth-order valence-electron chi connectivity index (χ4n) is 3.81. The molecule has 0 amide bonds. The van der Waals surface area contributed by atoms with E-state index in [9.17, 15) is 10.2 Å². The highest BCUT2D eigenvalue weighted by atomic mass is 16.6. The Morgan fingerprint density at radius 3 is 1.70 bits per heavy atom. The van der Waals surface area contributed by atoms with Crippen LogP contribution in [-0.2, 0) is 33.2 Å². The van der Waals surface area contributed by atoms with Gasteiger partial charge in [-0.15, -0.1) is 0 Å². The molecule has 0 aromatic carbocycles. The fraction of sp³-hybridized carbons (Fsp3) is 0.871. The first-order valence-electron chi connectivity index (χ1n) is 14.6. The molecule has 9 nitrogen and oxygen atoms in total. The second-order valence-corrected chi connectivity index (χ2v) is 12.0. The first-order chi connectivity index (χ1) is 18.7. The van der Waals surface area contributed by atoms with Crippen molar-refractivity contribution in [3.05, 3.63) is 25.7 Å². The third-order valence-electron chi connectivity index (χ3n) is 7.73. The van der Waals surface area contributed by atoms with Gasteiger partial charge in [0.15, 0.2) is 0 Å². The molecule has 0 aliphatic carbocycles. The number of rotatable bonds is 27. The molecule has 4 unspecified atom stereocenters. The molecule has 0 bridgehead atoms. The van der Waals surface area contributed by atoms with Crippen molar-refractivity contribution < 1.29 is 43.4 Å². The van der Waals surface area contributed by atoms with Gasteiger partial charge in [-0.25, -0.2) is 0 Å². The second-order valence-electron chi connectivity index (χ2n) is 12.0. The summed E-state index contributed by atoms with van der Waals surface area (Å²) in [5, 5.41) is 19.6. The molecule has 0 aliphatic rings. The van der Waals surface area contributed by atoms with Crippen LogP contribution in [0.2, 0.25) is 0 Å². The molecular weight excluding hydrogens is 516 g/mol. The molecule has 0 rings (SSSR count). The molecular formula is C31H60O9. The van der Waals surface area contributed by atoms with Crippen LogP contribution in [0.25, 0.3) is 0 Å². The van der Waals surface area contributed by atoms with Gasteiger partial charge in [-0.05, 0) is 58.8 Å². The van der Waals surface area contributed by atoms with Crippen molar-refractivity contribution in [1.82, 2.24) is 0 Å². The molecule has 4 atom stereocenters. The smallest absolute Gasteiger partial charge is 0.115 e.